The van der Waals surface area contributed by atoms with Crippen LogP contribution in [0.1, 0.15) is 11.1 Å². The van der Waals surface area contributed by atoms with Crippen LogP contribution in [0.15, 0.2) is 41.7 Å². The summed E-state index contributed by atoms with van der Waals surface area (Å²) in [7, 11) is -3.59. The predicted molar refractivity (Wildman–Crippen MR) is 72.2 cm³/mol. The van der Waals surface area contributed by atoms with Crippen LogP contribution in [-0.2, 0) is 16.6 Å². The van der Waals surface area contributed by atoms with E-state index in [1.165, 1.54) is 18.3 Å². The third-order valence-electron chi connectivity index (χ3n) is 2.61. The second-order valence-corrected chi connectivity index (χ2v) is 6.10. The molecule has 0 unspecified atom stereocenters. The topological polar surface area (TPSA) is 72.0 Å². The summed E-state index contributed by atoms with van der Waals surface area (Å²) < 4.78 is 26.5. The summed E-state index contributed by atoms with van der Waals surface area (Å²) in [5.41, 5.74) is 1.81. The number of nitrogens with zero attached hydrogens (tertiary/aromatic N) is 2. The molecule has 0 atom stereocenters. The number of nitrogens with one attached hydrogen (secondary N) is 1. The van der Waals surface area contributed by atoms with Gasteiger partial charge in [-0.3, -0.25) is 4.98 Å². The van der Waals surface area contributed by atoms with E-state index in [1.807, 2.05) is 13.0 Å². The molecule has 1 N–H and O–H groups in total. The van der Waals surface area contributed by atoms with E-state index in [1.54, 1.807) is 12.4 Å². The second kappa shape index (κ2) is 5.64. The summed E-state index contributed by atoms with van der Waals surface area (Å²) in [4.78, 5) is 7.80. The van der Waals surface area contributed by atoms with Crippen molar-refractivity contribution in [3.63, 3.8) is 0 Å². The van der Waals surface area contributed by atoms with Crippen molar-refractivity contribution in [2.75, 3.05) is 0 Å². The highest BCUT2D eigenvalue weighted by molar-refractivity contribution is 7.89. The van der Waals surface area contributed by atoms with Crippen molar-refractivity contribution in [2.24, 2.45) is 0 Å². The SMILES string of the molecule is Cc1ccncc1CNS(=O)(=O)c1ccc(Cl)nc1. The van der Waals surface area contributed by atoms with Crippen LogP contribution in [0.5, 0.6) is 0 Å². The number of halogens is 1. The van der Waals surface area contributed by atoms with Crippen molar-refractivity contribution in [3.8, 4) is 0 Å². The van der Waals surface area contributed by atoms with Gasteiger partial charge in [0.1, 0.15) is 10.0 Å². The zero-order valence-corrected chi connectivity index (χ0v) is 11.7. The Morgan fingerprint density at radius 3 is 2.68 bits per heavy atom. The highest BCUT2D eigenvalue weighted by atomic mass is 35.5. The molecule has 0 saturated heterocycles. The van der Waals surface area contributed by atoms with Crippen LogP contribution in [0, 0.1) is 6.92 Å². The molecule has 2 aromatic heterocycles. The Bertz CT molecular complexity index is 672. The van der Waals surface area contributed by atoms with Gasteiger partial charge in [-0.2, -0.15) is 0 Å². The van der Waals surface area contributed by atoms with Crippen LogP contribution < -0.4 is 4.72 Å². The average molecular weight is 298 g/mol. The zero-order chi connectivity index (χ0) is 13.9. The van der Waals surface area contributed by atoms with E-state index in [0.717, 1.165) is 11.1 Å². The molecule has 7 heteroatoms. The van der Waals surface area contributed by atoms with Gasteiger partial charge in [0.25, 0.3) is 0 Å². The van der Waals surface area contributed by atoms with Crippen LogP contribution in [0.3, 0.4) is 0 Å². The first kappa shape index (κ1) is 13.9. The summed E-state index contributed by atoms with van der Waals surface area (Å²) in [5.74, 6) is 0. The lowest BCUT2D eigenvalue weighted by Crippen LogP contribution is -2.23. The molecule has 0 spiro atoms. The van der Waals surface area contributed by atoms with Gasteiger partial charge in [0.15, 0.2) is 0 Å². The molecular formula is C12H12ClN3O2S. The Balaban J connectivity index is 2.14. The van der Waals surface area contributed by atoms with Crippen molar-refractivity contribution in [1.82, 2.24) is 14.7 Å². The van der Waals surface area contributed by atoms with Gasteiger partial charge >= 0.3 is 0 Å². The maximum absolute atomic E-state index is 12.0. The molecule has 0 aliphatic rings. The first-order chi connectivity index (χ1) is 8.99. The minimum absolute atomic E-state index is 0.0819. The van der Waals surface area contributed by atoms with Gasteiger partial charge in [0.05, 0.1) is 0 Å². The maximum atomic E-state index is 12.0. The fraction of sp³-hybridized carbons (Fsp3) is 0.167. The van der Waals surface area contributed by atoms with Crippen LogP contribution in [0.4, 0.5) is 0 Å². The van der Waals surface area contributed by atoms with Crippen LogP contribution in [-0.4, -0.2) is 18.4 Å². The summed E-state index contributed by atoms with van der Waals surface area (Å²) >= 11 is 5.62. The standard InChI is InChI=1S/C12H12ClN3O2S/c1-9-4-5-14-6-10(9)7-16-19(17,18)11-2-3-12(13)15-8-11/h2-6,8,16H,7H2,1H3. The lowest BCUT2D eigenvalue weighted by Gasteiger charge is -2.08. The lowest BCUT2D eigenvalue weighted by atomic mass is 10.2. The van der Waals surface area contributed by atoms with E-state index in [2.05, 4.69) is 14.7 Å². The Morgan fingerprint density at radius 1 is 1.26 bits per heavy atom. The van der Waals surface area contributed by atoms with Crippen LogP contribution >= 0.6 is 11.6 Å². The number of rotatable bonds is 4. The Kier molecular flexibility index (Phi) is 4.14. The molecule has 0 saturated carbocycles. The van der Waals surface area contributed by atoms with E-state index in [4.69, 9.17) is 11.6 Å². The summed E-state index contributed by atoms with van der Waals surface area (Å²) in [6, 6.07) is 4.67. The number of sulfonamides is 1. The van der Waals surface area contributed by atoms with Gasteiger partial charge in [0, 0.05) is 25.1 Å². The molecule has 5 nitrogen and oxygen atoms in total. The number of aryl methyl sites for hydroxylation is 1. The Morgan fingerprint density at radius 2 is 2.05 bits per heavy atom. The molecule has 0 aliphatic carbocycles. The molecule has 0 amide bonds. The number of aromatic nitrogens is 2. The van der Waals surface area contributed by atoms with Crippen LogP contribution in [0.25, 0.3) is 0 Å². The summed E-state index contributed by atoms with van der Waals surface area (Å²) in [6.07, 6.45) is 4.52. The van der Waals surface area contributed by atoms with E-state index >= 15 is 0 Å². The normalized spacial score (nSPS) is 11.5. The van der Waals surface area contributed by atoms with E-state index in [9.17, 15) is 8.42 Å². The molecular weight excluding hydrogens is 286 g/mol. The summed E-state index contributed by atoms with van der Waals surface area (Å²) in [5, 5.41) is 0.252. The first-order valence-corrected chi connectivity index (χ1v) is 7.36. The van der Waals surface area contributed by atoms with E-state index in [0.29, 0.717) is 0 Å². The number of hydrogen-bond acceptors (Lipinski definition) is 4. The highest BCUT2D eigenvalue weighted by Gasteiger charge is 2.14. The fourth-order valence-electron chi connectivity index (χ4n) is 1.46. The quantitative estimate of drug-likeness (QED) is 0.875. The number of hydrogen-bond donors (Lipinski definition) is 1. The monoisotopic (exact) mass is 297 g/mol. The minimum atomic E-state index is -3.59. The Hall–Kier alpha value is -1.50. The number of pyridine rings is 2. The second-order valence-electron chi connectivity index (χ2n) is 3.94. The largest absolute Gasteiger partial charge is 0.264 e. The molecule has 0 radical (unpaired) electrons. The first-order valence-electron chi connectivity index (χ1n) is 5.50. The lowest BCUT2D eigenvalue weighted by molar-refractivity contribution is 0.580. The molecule has 19 heavy (non-hydrogen) atoms. The van der Waals surface area contributed by atoms with Crippen molar-refractivity contribution >= 4 is 21.6 Å². The molecule has 2 heterocycles. The third kappa shape index (κ3) is 3.50. The van der Waals surface area contributed by atoms with Gasteiger partial charge in [-0.05, 0) is 36.2 Å². The van der Waals surface area contributed by atoms with Crippen molar-refractivity contribution in [2.45, 2.75) is 18.4 Å². The minimum Gasteiger partial charge on any atom is -0.264 e. The molecule has 100 valence electrons. The average Bonchev–Trinajstić information content (AvgIpc) is 2.38. The van der Waals surface area contributed by atoms with Gasteiger partial charge in [0.2, 0.25) is 10.0 Å². The highest BCUT2D eigenvalue weighted by Crippen LogP contribution is 2.12. The molecule has 0 fully saturated rings. The zero-order valence-electron chi connectivity index (χ0n) is 10.2. The Labute approximate surface area is 116 Å². The van der Waals surface area contributed by atoms with Crippen molar-refractivity contribution in [3.05, 3.63) is 53.1 Å². The van der Waals surface area contributed by atoms with Crippen molar-refractivity contribution < 1.29 is 8.42 Å². The molecule has 0 bridgehead atoms. The van der Waals surface area contributed by atoms with E-state index in [-0.39, 0.29) is 16.6 Å². The van der Waals surface area contributed by atoms with Gasteiger partial charge in [-0.25, -0.2) is 18.1 Å². The van der Waals surface area contributed by atoms with Crippen LogP contribution in [0.2, 0.25) is 5.15 Å². The molecule has 2 aromatic rings. The van der Waals surface area contributed by atoms with E-state index < -0.39 is 10.0 Å². The van der Waals surface area contributed by atoms with Crippen molar-refractivity contribution in [1.29, 1.82) is 0 Å². The molecule has 0 aliphatic heterocycles. The molecule has 2 rings (SSSR count). The predicted octanol–water partition coefficient (Wildman–Crippen LogP) is 1.92. The van der Waals surface area contributed by atoms with Gasteiger partial charge in [-0.1, -0.05) is 11.6 Å². The summed E-state index contributed by atoms with van der Waals surface area (Å²) in [6.45, 7) is 2.08. The molecule has 0 aromatic carbocycles. The van der Waals surface area contributed by atoms with Gasteiger partial charge < -0.3 is 0 Å². The maximum Gasteiger partial charge on any atom is 0.242 e. The van der Waals surface area contributed by atoms with Gasteiger partial charge in [-0.15, -0.1) is 0 Å². The fourth-order valence-corrected chi connectivity index (χ4v) is 2.52. The third-order valence-corrected chi connectivity index (χ3v) is 4.22. The smallest absolute Gasteiger partial charge is 0.242 e.